The van der Waals surface area contributed by atoms with E-state index in [4.69, 9.17) is 0 Å². The zero-order chi connectivity index (χ0) is 30.7. The summed E-state index contributed by atoms with van der Waals surface area (Å²) in [5, 5.41) is 7.77. The van der Waals surface area contributed by atoms with Gasteiger partial charge in [0.2, 0.25) is 5.91 Å². The molecule has 0 aliphatic carbocycles. The van der Waals surface area contributed by atoms with Crippen molar-refractivity contribution in [3.05, 3.63) is 162 Å². The van der Waals surface area contributed by atoms with Crippen molar-refractivity contribution in [2.75, 3.05) is 10.6 Å². The normalized spacial score (nSPS) is 11.7. The largest absolute Gasteiger partial charge is 0.325 e. The van der Waals surface area contributed by atoms with Gasteiger partial charge in [-0.3, -0.25) is 19.4 Å². The first kappa shape index (κ1) is 29.9. The van der Waals surface area contributed by atoms with Gasteiger partial charge in [-0.1, -0.05) is 66.7 Å². The van der Waals surface area contributed by atoms with Gasteiger partial charge in [0.1, 0.15) is 16.8 Å². The Labute approximate surface area is 258 Å². The third kappa shape index (κ3) is 8.05. The molecule has 5 rings (SSSR count). The monoisotopic (exact) mass is 602 g/mol. The van der Waals surface area contributed by atoms with E-state index < -0.39 is 22.9 Å². The average molecular weight is 603 g/mol. The molecule has 44 heavy (non-hydrogen) atoms. The molecule has 0 aliphatic rings. The van der Waals surface area contributed by atoms with Crippen LogP contribution >= 0.6 is 11.8 Å². The minimum Gasteiger partial charge on any atom is -0.325 e. The Morgan fingerprint density at radius 3 is 2.00 bits per heavy atom. The van der Waals surface area contributed by atoms with E-state index >= 15 is 0 Å². The topological polar surface area (TPSA) is 100 Å². The van der Waals surface area contributed by atoms with Crippen molar-refractivity contribution < 1.29 is 18.8 Å². The maximum Gasteiger partial charge on any atom is 0.272 e. The van der Waals surface area contributed by atoms with Gasteiger partial charge in [0.15, 0.2) is 0 Å². The van der Waals surface area contributed by atoms with Crippen LogP contribution in [0.5, 0.6) is 0 Å². The molecule has 1 heterocycles. The van der Waals surface area contributed by atoms with Gasteiger partial charge >= 0.3 is 0 Å². The summed E-state index contributed by atoms with van der Waals surface area (Å²) in [7, 11) is 0. The SMILES string of the molecule is O=C(Nc1ccc(SC(C(=O)Nc2ccncc2)c2ccccc2)cc1)/C(=C/c1ccccc1F)NC(=O)c1ccccc1. The molecular formula is C35H27FN4O3S. The van der Waals surface area contributed by atoms with E-state index in [1.54, 1.807) is 91.3 Å². The quantitative estimate of drug-likeness (QED) is 0.117. The summed E-state index contributed by atoms with van der Waals surface area (Å²) in [6.07, 6.45) is 4.51. The van der Waals surface area contributed by atoms with Crippen molar-refractivity contribution in [3.63, 3.8) is 0 Å². The highest BCUT2D eigenvalue weighted by atomic mass is 32.2. The Morgan fingerprint density at radius 2 is 1.32 bits per heavy atom. The number of nitrogens with zero attached hydrogens (tertiary/aromatic N) is 1. The smallest absolute Gasteiger partial charge is 0.272 e. The number of amides is 3. The zero-order valence-electron chi connectivity index (χ0n) is 23.3. The second-order valence-corrected chi connectivity index (χ2v) is 10.7. The molecule has 5 aromatic rings. The van der Waals surface area contributed by atoms with E-state index in [1.807, 2.05) is 30.3 Å². The van der Waals surface area contributed by atoms with E-state index in [0.29, 0.717) is 16.9 Å². The molecule has 0 spiro atoms. The van der Waals surface area contributed by atoms with Crippen molar-refractivity contribution in [3.8, 4) is 0 Å². The number of aromatic nitrogens is 1. The van der Waals surface area contributed by atoms with Crippen molar-refractivity contribution in [2.45, 2.75) is 10.1 Å². The summed E-state index contributed by atoms with van der Waals surface area (Å²) in [5.41, 5.74) is 2.29. The molecule has 0 aliphatic heterocycles. The summed E-state index contributed by atoms with van der Waals surface area (Å²) < 4.78 is 14.4. The first-order valence-electron chi connectivity index (χ1n) is 13.6. The number of hydrogen-bond donors (Lipinski definition) is 3. The van der Waals surface area contributed by atoms with E-state index in [1.165, 1.54) is 30.0 Å². The zero-order valence-corrected chi connectivity index (χ0v) is 24.1. The number of halogens is 1. The molecule has 3 N–H and O–H groups in total. The van der Waals surface area contributed by atoms with Crippen molar-refractivity contribution in [1.82, 2.24) is 10.3 Å². The average Bonchev–Trinajstić information content (AvgIpc) is 3.06. The van der Waals surface area contributed by atoms with Crippen LogP contribution in [-0.4, -0.2) is 22.7 Å². The van der Waals surface area contributed by atoms with Crippen LogP contribution in [-0.2, 0) is 9.59 Å². The molecule has 218 valence electrons. The summed E-state index contributed by atoms with van der Waals surface area (Å²) in [4.78, 5) is 44.3. The van der Waals surface area contributed by atoms with Gasteiger partial charge < -0.3 is 16.0 Å². The predicted octanol–water partition coefficient (Wildman–Crippen LogP) is 7.10. The molecule has 0 bridgehead atoms. The minimum atomic E-state index is -0.628. The number of rotatable bonds is 10. The van der Waals surface area contributed by atoms with E-state index in [0.717, 1.165) is 10.5 Å². The van der Waals surface area contributed by atoms with E-state index in [-0.39, 0.29) is 17.2 Å². The predicted molar refractivity (Wildman–Crippen MR) is 171 cm³/mol. The molecule has 3 amide bonds. The van der Waals surface area contributed by atoms with Crippen molar-refractivity contribution in [2.24, 2.45) is 0 Å². The van der Waals surface area contributed by atoms with Gasteiger partial charge in [-0.2, -0.15) is 0 Å². The fourth-order valence-electron chi connectivity index (χ4n) is 4.19. The van der Waals surface area contributed by atoms with Gasteiger partial charge in [-0.25, -0.2) is 4.39 Å². The second-order valence-electron chi connectivity index (χ2n) is 9.51. The summed E-state index contributed by atoms with van der Waals surface area (Å²) in [6.45, 7) is 0. The van der Waals surface area contributed by atoms with Crippen LogP contribution in [0.2, 0.25) is 0 Å². The van der Waals surface area contributed by atoms with Crippen molar-refractivity contribution >= 4 is 46.9 Å². The summed E-state index contributed by atoms with van der Waals surface area (Å²) in [6, 6.07) is 34.2. The maximum atomic E-state index is 14.4. The Bertz CT molecular complexity index is 1770. The third-order valence-electron chi connectivity index (χ3n) is 6.39. The molecule has 1 unspecified atom stereocenters. The van der Waals surface area contributed by atoms with Gasteiger partial charge in [-0.05, 0) is 66.2 Å². The lowest BCUT2D eigenvalue weighted by Gasteiger charge is -2.17. The summed E-state index contributed by atoms with van der Waals surface area (Å²) >= 11 is 1.36. The van der Waals surface area contributed by atoms with Crippen molar-refractivity contribution in [1.29, 1.82) is 0 Å². The Kier molecular flexibility index (Phi) is 9.91. The lowest BCUT2D eigenvalue weighted by molar-refractivity contribution is -0.116. The van der Waals surface area contributed by atoms with Gasteiger partial charge in [0, 0.05) is 39.8 Å². The van der Waals surface area contributed by atoms with Crippen LogP contribution in [0.15, 0.2) is 144 Å². The standard InChI is InChI=1S/C35H27FN4O3S/c36-30-14-8-7-13-26(30)23-31(40-33(41)25-11-5-2-6-12-25)34(42)38-27-15-17-29(18-16-27)44-32(24-9-3-1-4-10-24)35(43)39-28-19-21-37-22-20-28/h1-23,32H,(H,38,42)(H,40,41)(H,37,39,43)/b31-23-. The molecule has 7 nitrogen and oxygen atoms in total. The molecule has 0 saturated carbocycles. The van der Waals surface area contributed by atoms with Crippen LogP contribution in [0.1, 0.15) is 26.7 Å². The first-order valence-corrected chi connectivity index (χ1v) is 14.5. The molecule has 1 atom stereocenters. The molecule has 9 heteroatoms. The van der Waals surface area contributed by atoms with Crippen LogP contribution < -0.4 is 16.0 Å². The van der Waals surface area contributed by atoms with Gasteiger partial charge in [-0.15, -0.1) is 11.8 Å². The van der Waals surface area contributed by atoms with E-state index in [9.17, 15) is 18.8 Å². The number of nitrogens with one attached hydrogen (secondary N) is 3. The number of thioether (sulfide) groups is 1. The first-order chi connectivity index (χ1) is 21.5. The highest BCUT2D eigenvalue weighted by Crippen LogP contribution is 2.36. The Balaban J connectivity index is 1.33. The lowest BCUT2D eigenvalue weighted by Crippen LogP contribution is -2.30. The minimum absolute atomic E-state index is 0.126. The van der Waals surface area contributed by atoms with Gasteiger partial charge in [0.25, 0.3) is 11.8 Å². The molecular weight excluding hydrogens is 575 g/mol. The van der Waals surface area contributed by atoms with Crippen LogP contribution in [0, 0.1) is 5.82 Å². The number of pyridine rings is 1. The number of anilines is 2. The molecule has 1 aromatic heterocycles. The number of carbonyl (C=O) groups excluding carboxylic acids is 3. The number of benzene rings is 4. The Morgan fingerprint density at radius 1 is 0.705 bits per heavy atom. The number of carbonyl (C=O) groups is 3. The number of hydrogen-bond acceptors (Lipinski definition) is 5. The van der Waals surface area contributed by atoms with Crippen LogP contribution in [0.4, 0.5) is 15.8 Å². The maximum absolute atomic E-state index is 14.4. The Hall–Kier alpha value is -5.54. The second kappa shape index (κ2) is 14.6. The highest BCUT2D eigenvalue weighted by molar-refractivity contribution is 8.00. The molecule has 0 fully saturated rings. The third-order valence-corrected chi connectivity index (χ3v) is 7.65. The van der Waals surface area contributed by atoms with Crippen LogP contribution in [0.3, 0.4) is 0 Å². The van der Waals surface area contributed by atoms with E-state index in [2.05, 4.69) is 20.9 Å². The van der Waals surface area contributed by atoms with Crippen LogP contribution in [0.25, 0.3) is 6.08 Å². The summed E-state index contributed by atoms with van der Waals surface area (Å²) in [5.74, 6) is -1.86. The highest BCUT2D eigenvalue weighted by Gasteiger charge is 2.22. The molecule has 0 saturated heterocycles. The fraction of sp³-hybridized carbons (Fsp3) is 0.0286. The fourth-order valence-corrected chi connectivity index (χ4v) is 5.21. The van der Waals surface area contributed by atoms with Gasteiger partial charge in [0.05, 0.1) is 0 Å². The lowest BCUT2D eigenvalue weighted by atomic mass is 10.1. The molecule has 0 radical (unpaired) electrons. The molecule has 4 aromatic carbocycles.